The maximum atomic E-state index is 10.9. The molecule has 1 aromatic rings. The molecule has 0 heterocycles. The van der Waals surface area contributed by atoms with E-state index in [0.717, 1.165) is 11.1 Å². The second-order valence-corrected chi connectivity index (χ2v) is 3.05. The van der Waals surface area contributed by atoms with Crippen LogP contribution >= 0.6 is 0 Å². The highest BCUT2D eigenvalue weighted by molar-refractivity contribution is 5.95. The molecular weight excluding hydrogens is 180 g/mol. The molecule has 72 valence electrons. The molecule has 0 saturated carbocycles. The van der Waals surface area contributed by atoms with Crippen LogP contribution in [0.3, 0.4) is 0 Å². The maximum absolute atomic E-state index is 10.9. The number of carbonyl (C=O) groups is 1. The first-order chi connectivity index (χ1) is 6.56. The number of aromatic carboxylic acids is 1. The Morgan fingerprint density at radius 2 is 2.14 bits per heavy atom. The molecule has 0 aliphatic rings. The maximum Gasteiger partial charge on any atom is 0.337 e. The summed E-state index contributed by atoms with van der Waals surface area (Å²) < 4.78 is 0. The van der Waals surface area contributed by atoms with Gasteiger partial charge in [0.05, 0.1) is 11.3 Å². The standard InChI is InChI=1S/C10H10N2O2/c1-6-3-7(2)9(12-5-11)8(4-6)10(13)14/h3-4,12H,1-2H3,(H,13,14). The molecule has 1 rings (SSSR count). The Bertz CT molecular complexity index is 419. The van der Waals surface area contributed by atoms with Gasteiger partial charge in [-0.3, -0.25) is 5.32 Å². The average Bonchev–Trinajstić information content (AvgIpc) is 2.09. The van der Waals surface area contributed by atoms with Crippen LogP contribution in [0.2, 0.25) is 0 Å². The Hall–Kier alpha value is -2.02. The van der Waals surface area contributed by atoms with E-state index in [1.807, 2.05) is 13.0 Å². The van der Waals surface area contributed by atoms with Crippen LogP contribution in [0.5, 0.6) is 0 Å². The van der Waals surface area contributed by atoms with Crippen molar-refractivity contribution >= 4 is 11.7 Å². The van der Waals surface area contributed by atoms with E-state index in [2.05, 4.69) is 5.32 Å². The summed E-state index contributed by atoms with van der Waals surface area (Å²) in [6.07, 6.45) is 1.73. The molecule has 4 heteroatoms. The lowest BCUT2D eigenvalue weighted by molar-refractivity contribution is 0.0698. The lowest BCUT2D eigenvalue weighted by Gasteiger charge is -2.08. The number of nitrogens with one attached hydrogen (secondary N) is 1. The van der Waals surface area contributed by atoms with Crippen molar-refractivity contribution in [2.24, 2.45) is 0 Å². The summed E-state index contributed by atoms with van der Waals surface area (Å²) in [6, 6.07) is 3.36. The van der Waals surface area contributed by atoms with Crippen molar-refractivity contribution in [1.82, 2.24) is 0 Å². The van der Waals surface area contributed by atoms with Crippen molar-refractivity contribution in [1.29, 1.82) is 5.26 Å². The van der Waals surface area contributed by atoms with Gasteiger partial charge in [0, 0.05) is 0 Å². The molecule has 2 N–H and O–H groups in total. The van der Waals surface area contributed by atoms with Crippen LogP contribution in [0.1, 0.15) is 21.5 Å². The number of carboxylic acid groups (broad SMARTS) is 1. The third-order valence-electron chi connectivity index (χ3n) is 1.89. The SMILES string of the molecule is Cc1cc(C)c(NC#N)c(C(=O)O)c1. The molecule has 14 heavy (non-hydrogen) atoms. The zero-order valence-corrected chi connectivity index (χ0v) is 7.96. The molecule has 0 fully saturated rings. The number of carboxylic acids is 1. The zero-order valence-electron chi connectivity index (χ0n) is 7.96. The third-order valence-corrected chi connectivity index (χ3v) is 1.89. The van der Waals surface area contributed by atoms with Gasteiger partial charge in [-0.15, -0.1) is 0 Å². The fraction of sp³-hybridized carbons (Fsp3) is 0.200. The van der Waals surface area contributed by atoms with Crippen molar-refractivity contribution in [2.75, 3.05) is 5.32 Å². The highest BCUT2D eigenvalue weighted by Gasteiger charge is 2.12. The van der Waals surface area contributed by atoms with Gasteiger partial charge in [0.15, 0.2) is 6.19 Å². The number of nitrogens with zero attached hydrogens (tertiary/aromatic N) is 1. The van der Waals surface area contributed by atoms with E-state index in [9.17, 15) is 4.79 Å². The monoisotopic (exact) mass is 190 g/mol. The fourth-order valence-electron chi connectivity index (χ4n) is 1.36. The molecule has 1 aromatic carbocycles. The van der Waals surface area contributed by atoms with Gasteiger partial charge in [-0.25, -0.2) is 4.79 Å². The van der Waals surface area contributed by atoms with Crippen molar-refractivity contribution < 1.29 is 9.90 Å². The quantitative estimate of drug-likeness (QED) is 0.551. The van der Waals surface area contributed by atoms with Crippen LogP contribution in [-0.4, -0.2) is 11.1 Å². The second kappa shape index (κ2) is 3.79. The van der Waals surface area contributed by atoms with E-state index in [1.165, 1.54) is 6.07 Å². The highest BCUT2D eigenvalue weighted by Crippen LogP contribution is 2.22. The summed E-state index contributed by atoms with van der Waals surface area (Å²) in [6.45, 7) is 3.58. The van der Waals surface area contributed by atoms with Gasteiger partial charge in [0.25, 0.3) is 0 Å². The van der Waals surface area contributed by atoms with E-state index in [-0.39, 0.29) is 5.56 Å². The van der Waals surface area contributed by atoms with Crippen LogP contribution in [0.15, 0.2) is 12.1 Å². The smallest absolute Gasteiger partial charge is 0.337 e. The summed E-state index contributed by atoms with van der Waals surface area (Å²) in [5.41, 5.74) is 2.11. The van der Waals surface area contributed by atoms with Crippen LogP contribution in [0.25, 0.3) is 0 Å². The minimum absolute atomic E-state index is 0.129. The first kappa shape index (κ1) is 10.1. The average molecular weight is 190 g/mol. The van der Waals surface area contributed by atoms with Gasteiger partial charge in [-0.1, -0.05) is 6.07 Å². The van der Waals surface area contributed by atoms with Crippen molar-refractivity contribution in [3.63, 3.8) is 0 Å². The molecular formula is C10H10N2O2. The van der Waals surface area contributed by atoms with Crippen LogP contribution in [0, 0.1) is 25.3 Å². The molecule has 0 radical (unpaired) electrons. The van der Waals surface area contributed by atoms with E-state index in [0.29, 0.717) is 5.69 Å². The van der Waals surface area contributed by atoms with E-state index < -0.39 is 5.97 Å². The van der Waals surface area contributed by atoms with E-state index >= 15 is 0 Å². The summed E-state index contributed by atoms with van der Waals surface area (Å²) in [5.74, 6) is -1.03. The summed E-state index contributed by atoms with van der Waals surface area (Å²) in [5, 5.41) is 19.7. The minimum Gasteiger partial charge on any atom is -0.478 e. The van der Waals surface area contributed by atoms with Gasteiger partial charge in [0.2, 0.25) is 0 Å². The Morgan fingerprint density at radius 3 is 2.64 bits per heavy atom. The third kappa shape index (κ3) is 1.83. The number of anilines is 1. The number of hydrogen-bond acceptors (Lipinski definition) is 3. The molecule has 0 unspecified atom stereocenters. The first-order valence-corrected chi connectivity index (χ1v) is 4.06. The number of rotatable bonds is 2. The lowest BCUT2D eigenvalue weighted by atomic mass is 10.0. The molecule has 0 aliphatic heterocycles. The Balaban J connectivity index is 3.38. The highest BCUT2D eigenvalue weighted by atomic mass is 16.4. The molecule has 0 bridgehead atoms. The largest absolute Gasteiger partial charge is 0.478 e. The normalized spacial score (nSPS) is 9.21. The van der Waals surface area contributed by atoms with Gasteiger partial charge in [-0.2, -0.15) is 5.26 Å². The Labute approximate surface area is 81.8 Å². The van der Waals surface area contributed by atoms with Crippen LogP contribution < -0.4 is 5.32 Å². The Morgan fingerprint density at radius 1 is 1.50 bits per heavy atom. The molecule has 0 aliphatic carbocycles. The molecule has 0 aromatic heterocycles. The Kier molecular flexibility index (Phi) is 2.73. The predicted molar refractivity (Wildman–Crippen MR) is 52.1 cm³/mol. The molecule has 0 atom stereocenters. The lowest BCUT2D eigenvalue weighted by Crippen LogP contribution is -2.04. The number of hydrogen-bond donors (Lipinski definition) is 2. The summed E-state index contributed by atoms with van der Waals surface area (Å²) in [7, 11) is 0. The predicted octanol–water partition coefficient (Wildman–Crippen LogP) is 1.89. The van der Waals surface area contributed by atoms with Crippen molar-refractivity contribution in [3.8, 4) is 6.19 Å². The number of nitriles is 1. The molecule has 0 spiro atoms. The van der Waals surface area contributed by atoms with Crippen molar-refractivity contribution in [2.45, 2.75) is 13.8 Å². The van der Waals surface area contributed by atoms with Crippen molar-refractivity contribution in [3.05, 3.63) is 28.8 Å². The molecule has 0 saturated heterocycles. The molecule has 4 nitrogen and oxygen atoms in total. The topological polar surface area (TPSA) is 73.1 Å². The number of aryl methyl sites for hydroxylation is 2. The van der Waals surface area contributed by atoms with Crippen LogP contribution in [-0.2, 0) is 0 Å². The first-order valence-electron chi connectivity index (χ1n) is 4.06. The summed E-state index contributed by atoms with van der Waals surface area (Å²) >= 11 is 0. The summed E-state index contributed by atoms with van der Waals surface area (Å²) in [4.78, 5) is 10.9. The van der Waals surface area contributed by atoms with E-state index in [4.69, 9.17) is 10.4 Å². The van der Waals surface area contributed by atoms with Gasteiger partial charge < -0.3 is 5.11 Å². The zero-order chi connectivity index (χ0) is 10.7. The van der Waals surface area contributed by atoms with E-state index in [1.54, 1.807) is 13.1 Å². The van der Waals surface area contributed by atoms with Gasteiger partial charge in [-0.05, 0) is 31.0 Å². The van der Waals surface area contributed by atoms with Gasteiger partial charge in [0.1, 0.15) is 0 Å². The minimum atomic E-state index is -1.03. The molecule has 0 amide bonds. The fourth-order valence-corrected chi connectivity index (χ4v) is 1.36. The second-order valence-electron chi connectivity index (χ2n) is 3.05. The van der Waals surface area contributed by atoms with Crippen LogP contribution in [0.4, 0.5) is 5.69 Å². The number of benzene rings is 1. The van der Waals surface area contributed by atoms with Gasteiger partial charge >= 0.3 is 5.97 Å².